The van der Waals surface area contributed by atoms with Crippen LogP contribution in [0, 0.1) is 6.92 Å². The monoisotopic (exact) mass is 205 g/mol. The van der Waals surface area contributed by atoms with E-state index in [1.807, 2.05) is 17.5 Å². The molecule has 1 heterocycles. The minimum atomic E-state index is 0.0243. The molecule has 14 heavy (non-hydrogen) atoms. The predicted molar refractivity (Wildman–Crippen MR) is 58.2 cm³/mol. The largest absolute Gasteiger partial charge is 0.389 e. The lowest BCUT2D eigenvalue weighted by molar-refractivity contribution is 0.281. The molecule has 0 amide bonds. The molecule has 0 aliphatic rings. The molecule has 0 fully saturated rings. The van der Waals surface area contributed by atoms with Gasteiger partial charge in [0.25, 0.3) is 0 Å². The number of thiazole rings is 1. The van der Waals surface area contributed by atoms with Crippen molar-refractivity contribution in [3.8, 4) is 11.3 Å². The van der Waals surface area contributed by atoms with Gasteiger partial charge in [0.2, 0.25) is 0 Å². The molecule has 0 aliphatic carbocycles. The van der Waals surface area contributed by atoms with Crippen LogP contribution < -0.4 is 0 Å². The molecule has 0 aliphatic heterocycles. The van der Waals surface area contributed by atoms with Gasteiger partial charge in [-0.2, -0.15) is 0 Å². The van der Waals surface area contributed by atoms with E-state index in [2.05, 4.69) is 24.0 Å². The Hall–Kier alpha value is -1.19. The van der Waals surface area contributed by atoms with E-state index in [0.717, 1.165) is 16.3 Å². The molecule has 0 spiro atoms. The van der Waals surface area contributed by atoms with Crippen molar-refractivity contribution >= 4 is 11.3 Å². The van der Waals surface area contributed by atoms with Crippen LogP contribution in [0.2, 0.25) is 0 Å². The van der Waals surface area contributed by atoms with Crippen LogP contribution in [0.5, 0.6) is 0 Å². The molecule has 1 aromatic carbocycles. The molecule has 2 nitrogen and oxygen atoms in total. The second-order valence-corrected chi connectivity index (χ2v) is 4.10. The van der Waals surface area contributed by atoms with Gasteiger partial charge in [-0.25, -0.2) is 4.98 Å². The molecule has 3 heteroatoms. The smallest absolute Gasteiger partial charge is 0.119 e. The van der Waals surface area contributed by atoms with E-state index in [4.69, 9.17) is 5.11 Å². The molecule has 0 saturated heterocycles. The number of aryl methyl sites for hydroxylation is 1. The summed E-state index contributed by atoms with van der Waals surface area (Å²) in [6, 6.07) is 8.20. The molecule has 0 atom stereocenters. The molecule has 1 aromatic heterocycles. The average Bonchev–Trinajstić information content (AvgIpc) is 2.66. The van der Waals surface area contributed by atoms with Crippen LogP contribution in [-0.4, -0.2) is 10.1 Å². The van der Waals surface area contributed by atoms with E-state index in [9.17, 15) is 0 Å². The van der Waals surface area contributed by atoms with Gasteiger partial charge in [0.15, 0.2) is 0 Å². The molecular formula is C11H11NOS. The van der Waals surface area contributed by atoms with Crippen LogP contribution >= 0.6 is 11.3 Å². The minimum Gasteiger partial charge on any atom is -0.389 e. The SMILES string of the molecule is Cc1cccc(-c2csc(CO)n2)c1. The summed E-state index contributed by atoms with van der Waals surface area (Å²) < 4.78 is 0. The van der Waals surface area contributed by atoms with E-state index in [0.29, 0.717) is 0 Å². The number of aliphatic hydroxyl groups excluding tert-OH is 1. The first-order chi connectivity index (χ1) is 6.79. The molecule has 72 valence electrons. The molecule has 1 N–H and O–H groups in total. The highest BCUT2D eigenvalue weighted by Crippen LogP contribution is 2.22. The van der Waals surface area contributed by atoms with E-state index in [-0.39, 0.29) is 6.61 Å². The summed E-state index contributed by atoms with van der Waals surface area (Å²) in [5.74, 6) is 0. The summed E-state index contributed by atoms with van der Waals surface area (Å²) in [6.07, 6.45) is 0. The highest BCUT2D eigenvalue weighted by atomic mass is 32.1. The van der Waals surface area contributed by atoms with Crippen LogP contribution in [-0.2, 0) is 6.61 Å². The Morgan fingerprint density at radius 1 is 1.43 bits per heavy atom. The second-order valence-electron chi connectivity index (χ2n) is 3.15. The van der Waals surface area contributed by atoms with Gasteiger partial charge in [-0.3, -0.25) is 0 Å². The van der Waals surface area contributed by atoms with Crippen LogP contribution in [0.25, 0.3) is 11.3 Å². The van der Waals surface area contributed by atoms with E-state index in [1.54, 1.807) is 0 Å². The van der Waals surface area contributed by atoms with Crippen molar-refractivity contribution in [3.05, 3.63) is 40.2 Å². The van der Waals surface area contributed by atoms with Crippen LogP contribution in [0.4, 0.5) is 0 Å². The molecule has 2 rings (SSSR count). The third-order valence-corrected chi connectivity index (χ3v) is 2.83. The molecular weight excluding hydrogens is 194 g/mol. The lowest BCUT2D eigenvalue weighted by Crippen LogP contribution is -1.82. The lowest BCUT2D eigenvalue weighted by atomic mass is 10.1. The average molecular weight is 205 g/mol. The van der Waals surface area contributed by atoms with Crippen molar-refractivity contribution in [3.63, 3.8) is 0 Å². The number of benzene rings is 1. The maximum atomic E-state index is 8.90. The van der Waals surface area contributed by atoms with Gasteiger partial charge in [-0.15, -0.1) is 11.3 Å². The van der Waals surface area contributed by atoms with Crippen molar-refractivity contribution < 1.29 is 5.11 Å². The maximum Gasteiger partial charge on any atom is 0.119 e. The first kappa shape index (κ1) is 9.37. The third-order valence-electron chi connectivity index (χ3n) is 2.00. The first-order valence-electron chi connectivity index (χ1n) is 4.42. The Labute approximate surface area is 86.9 Å². The van der Waals surface area contributed by atoms with Crippen molar-refractivity contribution in [1.82, 2.24) is 4.98 Å². The quantitative estimate of drug-likeness (QED) is 0.817. The fraction of sp³-hybridized carbons (Fsp3) is 0.182. The van der Waals surface area contributed by atoms with Gasteiger partial charge >= 0.3 is 0 Å². The summed E-state index contributed by atoms with van der Waals surface area (Å²) in [7, 11) is 0. The van der Waals surface area contributed by atoms with E-state index in [1.165, 1.54) is 16.9 Å². The summed E-state index contributed by atoms with van der Waals surface area (Å²) in [5.41, 5.74) is 3.28. The molecule has 0 radical (unpaired) electrons. The number of hydrogen-bond donors (Lipinski definition) is 1. The maximum absolute atomic E-state index is 8.90. The summed E-state index contributed by atoms with van der Waals surface area (Å²) in [6.45, 7) is 2.08. The summed E-state index contributed by atoms with van der Waals surface area (Å²) in [4.78, 5) is 4.31. The normalized spacial score (nSPS) is 10.4. The Morgan fingerprint density at radius 2 is 2.29 bits per heavy atom. The number of hydrogen-bond acceptors (Lipinski definition) is 3. The predicted octanol–water partition coefficient (Wildman–Crippen LogP) is 2.61. The first-order valence-corrected chi connectivity index (χ1v) is 5.30. The van der Waals surface area contributed by atoms with Gasteiger partial charge < -0.3 is 5.11 Å². The third kappa shape index (κ3) is 1.84. The fourth-order valence-electron chi connectivity index (χ4n) is 1.32. The Bertz CT molecular complexity index is 436. The Kier molecular flexibility index (Phi) is 2.61. The Morgan fingerprint density at radius 3 is 2.93 bits per heavy atom. The molecule has 0 bridgehead atoms. The number of aliphatic hydroxyl groups is 1. The highest BCUT2D eigenvalue weighted by Gasteiger charge is 2.02. The Balaban J connectivity index is 2.39. The topological polar surface area (TPSA) is 33.1 Å². The van der Waals surface area contributed by atoms with Crippen LogP contribution in [0.1, 0.15) is 10.6 Å². The zero-order valence-electron chi connectivity index (χ0n) is 7.90. The zero-order valence-corrected chi connectivity index (χ0v) is 8.71. The van der Waals surface area contributed by atoms with Crippen molar-refractivity contribution in [1.29, 1.82) is 0 Å². The molecule has 2 aromatic rings. The van der Waals surface area contributed by atoms with E-state index < -0.39 is 0 Å². The summed E-state index contributed by atoms with van der Waals surface area (Å²) >= 11 is 1.49. The van der Waals surface area contributed by atoms with Crippen molar-refractivity contribution in [2.75, 3.05) is 0 Å². The zero-order chi connectivity index (χ0) is 9.97. The fourth-order valence-corrected chi connectivity index (χ4v) is 1.98. The van der Waals surface area contributed by atoms with Crippen LogP contribution in [0.15, 0.2) is 29.6 Å². The summed E-state index contributed by atoms with van der Waals surface area (Å²) in [5, 5.41) is 11.6. The van der Waals surface area contributed by atoms with Gasteiger partial charge in [-0.1, -0.05) is 23.8 Å². The lowest BCUT2D eigenvalue weighted by Gasteiger charge is -1.97. The van der Waals surface area contributed by atoms with Gasteiger partial charge in [-0.05, 0) is 13.0 Å². The number of nitrogens with zero attached hydrogens (tertiary/aromatic N) is 1. The molecule has 0 saturated carbocycles. The van der Waals surface area contributed by atoms with Crippen molar-refractivity contribution in [2.45, 2.75) is 13.5 Å². The van der Waals surface area contributed by atoms with Gasteiger partial charge in [0.05, 0.1) is 12.3 Å². The van der Waals surface area contributed by atoms with Crippen molar-refractivity contribution in [2.24, 2.45) is 0 Å². The second kappa shape index (κ2) is 3.90. The van der Waals surface area contributed by atoms with Gasteiger partial charge in [0.1, 0.15) is 5.01 Å². The highest BCUT2D eigenvalue weighted by molar-refractivity contribution is 7.09. The van der Waals surface area contributed by atoms with Gasteiger partial charge in [0, 0.05) is 10.9 Å². The van der Waals surface area contributed by atoms with E-state index >= 15 is 0 Å². The number of rotatable bonds is 2. The number of aromatic nitrogens is 1. The van der Waals surface area contributed by atoms with Crippen LogP contribution in [0.3, 0.4) is 0 Å². The minimum absolute atomic E-state index is 0.0243. The molecule has 0 unspecified atom stereocenters. The standard InChI is InChI=1S/C11H11NOS/c1-8-3-2-4-9(5-8)10-7-14-11(6-13)12-10/h2-5,7,13H,6H2,1H3.